The largest absolute Gasteiger partial charge is 0.416 e. The highest BCUT2D eigenvalue weighted by Gasteiger charge is 2.36. The summed E-state index contributed by atoms with van der Waals surface area (Å²) < 4.78 is 39.2. The van der Waals surface area contributed by atoms with Gasteiger partial charge in [0.15, 0.2) is 0 Å². The van der Waals surface area contributed by atoms with Crippen LogP contribution in [-0.4, -0.2) is 64.1 Å². The third-order valence-electron chi connectivity index (χ3n) is 6.94. The summed E-state index contributed by atoms with van der Waals surface area (Å²) >= 11 is 0. The summed E-state index contributed by atoms with van der Waals surface area (Å²) in [6, 6.07) is 4.89. The van der Waals surface area contributed by atoms with Crippen molar-refractivity contribution >= 4 is 11.7 Å². The Morgan fingerprint density at radius 2 is 1.75 bits per heavy atom. The second-order valence-corrected chi connectivity index (χ2v) is 10.8. The molecule has 1 aliphatic heterocycles. The third kappa shape index (κ3) is 5.64. The summed E-state index contributed by atoms with van der Waals surface area (Å²) in [6.07, 6.45) is -2.91. The number of hydrogen-bond acceptors (Lipinski definition) is 6. The van der Waals surface area contributed by atoms with Gasteiger partial charge in [-0.15, -0.1) is 0 Å². The minimum Gasteiger partial charge on any atom is -0.387 e. The lowest BCUT2D eigenvalue weighted by Gasteiger charge is -2.38. The van der Waals surface area contributed by atoms with Gasteiger partial charge in [0.25, 0.3) is 0 Å². The van der Waals surface area contributed by atoms with Gasteiger partial charge in [-0.3, -0.25) is 4.79 Å². The number of nitrogens with zero attached hydrogens (tertiary/aromatic N) is 4. The number of rotatable bonds is 5. The molecule has 7 nitrogen and oxygen atoms in total. The lowest BCUT2D eigenvalue weighted by Crippen LogP contribution is -2.52. The number of halogens is 3. The third-order valence-corrected chi connectivity index (χ3v) is 6.94. The van der Waals surface area contributed by atoms with Crippen molar-refractivity contribution in [3.8, 4) is 0 Å². The number of benzene rings is 1. The lowest BCUT2D eigenvalue weighted by molar-refractivity contribution is -0.137. The molecule has 1 fully saturated rings. The summed E-state index contributed by atoms with van der Waals surface area (Å²) in [5, 5.41) is 13.6. The molecule has 1 aliphatic carbocycles. The van der Waals surface area contributed by atoms with Gasteiger partial charge in [0.1, 0.15) is 12.1 Å². The second kappa shape index (κ2) is 9.97. The molecule has 0 spiro atoms. The first-order valence-corrected chi connectivity index (χ1v) is 12.3. The average molecular weight is 506 g/mol. The molecule has 10 heteroatoms. The Morgan fingerprint density at radius 1 is 1.11 bits per heavy atom. The van der Waals surface area contributed by atoms with Crippen molar-refractivity contribution in [3.05, 3.63) is 53.0 Å². The summed E-state index contributed by atoms with van der Waals surface area (Å²) in [5.74, 6) is 0.252. The molecule has 1 amide bonds. The number of nitrogens with one attached hydrogen (secondary N) is 1. The van der Waals surface area contributed by atoms with E-state index in [4.69, 9.17) is 0 Å². The zero-order valence-electron chi connectivity index (χ0n) is 21.1. The van der Waals surface area contributed by atoms with Crippen LogP contribution < -0.4 is 10.2 Å². The van der Waals surface area contributed by atoms with Gasteiger partial charge in [-0.2, -0.15) is 13.2 Å². The monoisotopic (exact) mass is 505 g/mol. The van der Waals surface area contributed by atoms with E-state index < -0.39 is 23.8 Å². The SMILES string of the molecule is C[C@@H]1C[C@@H](O)c2ncnc(N3CCN(C(=O)C(CNC(C)(C)C)c4ccc(C(F)(F)F)cc4)CC3)c21. The van der Waals surface area contributed by atoms with Crippen LogP contribution in [0.15, 0.2) is 30.6 Å². The number of carbonyl (C=O) groups is 1. The molecule has 4 rings (SSSR count). The van der Waals surface area contributed by atoms with E-state index in [9.17, 15) is 23.1 Å². The van der Waals surface area contributed by atoms with Crippen molar-refractivity contribution in [3.63, 3.8) is 0 Å². The standard InChI is InChI=1S/C26H34F3N5O2/c1-16-13-20(35)22-21(16)23(31-15-30-22)33-9-11-34(12-10-33)24(36)19(14-32-25(2,3)4)17-5-7-18(8-6-17)26(27,28)29/h5-8,15-16,19-20,32,35H,9-14H2,1-4H3/t16-,19?,20-/m1/s1. The zero-order valence-corrected chi connectivity index (χ0v) is 21.1. The van der Waals surface area contributed by atoms with Gasteiger partial charge >= 0.3 is 6.18 Å². The maximum absolute atomic E-state index is 13.6. The molecule has 1 aromatic carbocycles. The van der Waals surface area contributed by atoms with Crippen LogP contribution in [0.4, 0.5) is 19.0 Å². The number of aliphatic hydroxyl groups is 1. The number of piperazine rings is 1. The summed E-state index contributed by atoms with van der Waals surface area (Å²) in [5.41, 5.74) is 1.23. The molecule has 36 heavy (non-hydrogen) atoms. The number of aliphatic hydroxyl groups excluding tert-OH is 1. The van der Waals surface area contributed by atoms with Gasteiger partial charge in [0.2, 0.25) is 5.91 Å². The number of fused-ring (bicyclic) bond motifs is 1. The maximum Gasteiger partial charge on any atom is 0.416 e. The quantitative estimate of drug-likeness (QED) is 0.643. The van der Waals surface area contributed by atoms with E-state index in [1.54, 1.807) is 4.90 Å². The highest BCUT2D eigenvalue weighted by atomic mass is 19.4. The molecule has 0 radical (unpaired) electrons. The molecular weight excluding hydrogens is 471 g/mol. The lowest BCUT2D eigenvalue weighted by atomic mass is 9.94. The van der Waals surface area contributed by atoms with Gasteiger partial charge < -0.3 is 20.2 Å². The van der Waals surface area contributed by atoms with Crippen molar-refractivity contribution in [1.82, 2.24) is 20.2 Å². The topological polar surface area (TPSA) is 81.6 Å². The highest BCUT2D eigenvalue weighted by Crippen LogP contribution is 2.42. The van der Waals surface area contributed by atoms with Crippen molar-refractivity contribution in [2.45, 2.75) is 63.8 Å². The van der Waals surface area contributed by atoms with Crippen molar-refractivity contribution < 1.29 is 23.1 Å². The Kier molecular flexibility index (Phi) is 7.30. The first-order chi connectivity index (χ1) is 16.8. The number of hydrogen-bond donors (Lipinski definition) is 2. The average Bonchev–Trinajstić information content (AvgIpc) is 3.12. The molecule has 2 aromatic rings. The minimum atomic E-state index is -4.42. The van der Waals surface area contributed by atoms with E-state index >= 15 is 0 Å². The van der Waals surface area contributed by atoms with Crippen LogP contribution in [0.25, 0.3) is 0 Å². The van der Waals surface area contributed by atoms with Gasteiger partial charge in [-0.1, -0.05) is 19.1 Å². The van der Waals surface area contributed by atoms with E-state index in [1.165, 1.54) is 18.5 Å². The highest BCUT2D eigenvalue weighted by molar-refractivity contribution is 5.84. The fourth-order valence-corrected chi connectivity index (χ4v) is 4.97. The molecule has 0 saturated carbocycles. The summed E-state index contributed by atoms with van der Waals surface area (Å²) in [6.45, 7) is 10.4. The fourth-order valence-electron chi connectivity index (χ4n) is 4.97. The van der Waals surface area contributed by atoms with Crippen molar-refractivity contribution in [2.75, 3.05) is 37.6 Å². The predicted octanol–water partition coefficient (Wildman–Crippen LogP) is 3.86. The Morgan fingerprint density at radius 3 is 2.33 bits per heavy atom. The molecule has 1 unspecified atom stereocenters. The van der Waals surface area contributed by atoms with E-state index in [-0.39, 0.29) is 17.4 Å². The van der Waals surface area contributed by atoms with Crippen LogP contribution in [0.2, 0.25) is 0 Å². The Hall–Kier alpha value is -2.72. The van der Waals surface area contributed by atoms with Crippen molar-refractivity contribution in [2.24, 2.45) is 0 Å². The molecule has 3 atom stereocenters. The molecule has 196 valence electrons. The molecule has 2 heterocycles. The first kappa shape index (κ1) is 26.3. The van der Waals surface area contributed by atoms with Crippen LogP contribution >= 0.6 is 0 Å². The van der Waals surface area contributed by atoms with E-state index in [1.807, 2.05) is 20.8 Å². The van der Waals surface area contributed by atoms with Crippen LogP contribution in [0.1, 0.15) is 74.4 Å². The van der Waals surface area contributed by atoms with Crippen LogP contribution in [-0.2, 0) is 11.0 Å². The predicted molar refractivity (Wildman–Crippen MR) is 131 cm³/mol. The Bertz CT molecular complexity index is 1080. The van der Waals surface area contributed by atoms with E-state index in [0.717, 1.165) is 23.5 Å². The summed E-state index contributed by atoms with van der Waals surface area (Å²) in [7, 11) is 0. The second-order valence-electron chi connectivity index (χ2n) is 10.8. The van der Waals surface area contributed by atoms with Gasteiger partial charge in [-0.25, -0.2) is 9.97 Å². The zero-order chi connectivity index (χ0) is 26.3. The number of carbonyl (C=O) groups excluding carboxylic acids is 1. The van der Waals surface area contributed by atoms with Crippen molar-refractivity contribution in [1.29, 1.82) is 0 Å². The molecular formula is C26H34F3N5O2. The van der Waals surface area contributed by atoms with Crippen LogP contribution in [0, 0.1) is 0 Å². The smallest absolute Gasteiger partial charge is 0.387 e. The fraction of sp³-hybridized carbons (Fsp3) is 0.577. The maximum atomic E-state index is 13.6. The molecule has 1 saturated heterocycles. The number of aromatic nitrogens is 2. The van der Waals surface area contributed by atoms with Gasteiger partial charge in [0.05, 0.1) is 23.3 Å². The van der Waals surface area contributed by atoms with E-state index in [0.29, 0.717) is 50.4 Å². The van der Waals surface area contributed by atoms with E-state index in [2.05, 4.69) is 27.1 Å². The number of alkyl halides is 3. The molecule has 1 aromatic heterocycles. The normalized spacial score (nSPS) is 21.4. The number of anilines is 1. The van der Waals surface area contributed by atoms with Gasteiger partial charge in [0, 0.05) is 43.8 Å². The Balaban J connectivity index is 1.49. The first-order valence-electron chi connectivity index (χ1n) is 12.3. The molecule has 2 aliphatic rings. The molecule has 0 bridgehead atoms. The van der Waals surface area contributed by atoms with Crippen LogP contribution in [0.3, 0.4) is 0 Å². The Labute approximate surface area is 209 Å². The molecule has 2 N–H and O–H groups in total. The number of amides is 1. The van der Waals surface area contributed by atoms with Gasteiger partial charge in [-0.05, 0) is 50.8 Å². The minimum absolute atomic E-state index is 0.108. The van der Waals surface area contributed by atoms with Crippen LogP contribution in [0.5, 0.6) is 0 Å². The summed E-state index contributed by atoms with van der Waals surface area (Å²) in [4.78, 5) is 26.3.